The molecular weight excluding hydrogens is 348 g/mol. The largest absolute Gasteiger partial charge is 0.489 e. The van der Waals surface area contributed by atoms with Crippen molar-refractivity contribution >= 4 is 11.9 Å². The zero-order valence-corrected chi connectivity index (χ0v) is 14.8. The van der Waals surface area contributed by atoms with Gasteiger partial charge in [-0.15, -0.1) is 0 Å². The molecule has 1 aromatic heterocycles. The number of carbonyl (C=O) groups excluding carboxylic acids is 1. The molecule has 1 amide bonds. The molecule has 1 aliphatic rings. The number of hydrogen-bond donors (Lipinski definition) is 2. The maximum absolute atomic E-state index is 12.5. The van der Waals surface area contributed by atoms with Crippen LogP contribution in [-0.4, -0.2) is 41.2 Å². The first-order valence-corrected chi connectivity index (χ1v) is 8.86. The Labute approximate surface area is 157 Å². The van der Waals surface area contributed by atoms with E-state index in [1.54, 1.807) is 36.7 Å². The van der Waals surface area contributed by atoms with Gasteiger partial charge in [0.25, 0.3) is 5.91 Å². The Kier molecular flexibility index (Phi) is 6.38. The maximum atomic E-state index is 12.5. The van der Waals surface area contributed by atoms with E-state index in [1.807, 2.05) is 12.1 Å². The summed E-state index contributed by atoms with van der Waals surface area (Å²) in [6.45, 7) is 1.30. The minimum Gasteiger partial charge on any atom is -0.489 e. The number of nitrogens with zero attached hydrogens (tertiary/aromatic N) is 1. The molecule has 27 heavy (non-hydrogen) atoms. The molecule has 1 fully saturated rings. The van der Waals surface area contributed by atoms with Crippen LogP contribution in [0.5, 0.6) is 5.75 Å². The van der Waals surface area contributed by atoms with Crippen LogP contribution < -0.4 is 10.1 Å². The fourth-order valence-electron chi connectivity index (χ4n) is 3.01. The van der Waals surface area contributed by atoms with Gasteiger partial charge in [-0.3, -0.25) is 9.78 Å². The fraction of sp³-hybridized carbons (Fsp3) is 0.350. The normalized spacial score (nSPS) is 17.7. The number of pyridine rings is 1. The zero-order valence-electron chi connectivity index (χ0n) is 14.8. The van der Waals surface area contributed by atoms with Gasteiger partial charge in [-0.05, 0) is 37.1 Å². The highest BCUT2D eigenvalue weighted by molar-refractivity contribution is 5.97. The van der Waals surface area contributed by atoms with E-state index in [-0.39, 0.29) is 5.92 Å². The molecule has 0 radical (unpaired) electrons. The highest BCUT2D eigenvalue weighted by atomic mass is 16.5. The standard InChI is InChI=1S/C20H22N2O5/c23-19(22-18(20(24)25)16-6-3-9-26-13-16)15-5-1-7-17(10-15)27-12-14-4-2-8-21-11-14/h1-2,4-5,7-8,10-11,16,18H,3,6,9,12-13H2,(H,22,23)(H,24,25). The molecule has 0 saturated carbocycles. The van der Waals surface area contributed by atoms with Crippen molar-refractivity contribution in [3.63, 3.8) is 0 Å². The number of benzene rings is 1. The van der Waals surface area contributed by atoms with Crippen LogP contribution in [0.2, 0.25) is 0 Å². The molecule has 2 heterocycles. The van der Waals surface area contributed by atoms with E-state index >= 15 is 0 Å². The molecule has 7 nitrogen and oxygen atoms in total. The molecular formula is C20H22N2O5. The first kappa shape index (κ1) is 18.8. The van der Waals surface area contributed by atoms with Gasteiger partial charge in [0.15, 0.2) is 0 Å². The highest BCUT2D eigenvalue weighted by Crippen LogP contribution is 2.19. The van der Waals surface area contributed by atoms with Gasteiger partial charge in [0.1, 0.15) is 18.4 Å². The van der Waals surface area contributed by atoms with Gasteiger partial charge in [-0.25, -0.2) is 4.79 Å². The summed E-state index contributed by atoms with van der Waals surface area (Å²) in [4.78, 5) is 28.2. The Balaban J connectivity index is 1.64. The second kappa shape index (κ2) is 9.14. The smallest absolute Gasteiger partial charge is 0.326 e. The molecule has 2 N–H and O–H groups in total. The third-order valence-corrected chi connectivity index (χ3v) is 4.44. The third kappa shape index (κ3) is 5.27. The van der Waals surface area contributed by atoms with Crippen LogP contribution >= 0.6 is 0 Å². The van der Waals surface area contributed by atoms with Crippen LogP contribution in [-0.2, 0) is 16.1 Å². The number of carbonyl (C=O) groups is 2. The molecule has 3 rings (SSSR count). The van der Waals surface area contributed by atoms with E-state index in [4.69, 9.17) is 9.47 Å². The molecule has 7 heteroatoms. The molecule has 0 spiro atoms. The quantitative estimate of drug-likeness (QED) is 0.776. The number of ether oxygens (including phenoxy) is 2. The lowest BCUT2D eigenvalue weighted by Crippen LogP contribution is -2.48. The Hall–Kier alpha value is -2.93. The van der Waals surface area contributed by atoms with Gasteiger partial charge < -0.3 is 19.9 Å². The number of nitrogens with one attached hydrogen (secondary N) is 1. The van der Waals surface area contributed by atoms with Crippen LogP contribution in [0.25, 0.3) is 0 Å². The average Bonchev–Trinajstić information content (AvgIpc) is 2.71. The summed E-state index contributed by atoms with van der Waals surface area (Å²) < 4.78 is 11.0. The van der Waals surface area contributed by atoms with Crippen molar-refractivity contribution < 1.29 is 24.2 Å². The summed E-state index contributed by atoms with van der Waals surface area (Å²) in [5, 5.41) is 12.1. The molecule has 2 unspecified atom stereocenters. The zero-order chi connectivity index (χ0) is 19.1. The minimum atomic E-state index is -1.05. The Morgan fingerprint density at radius 1 is 1.33 bits per heavy atom. The number of hydrogen-bond acceptors (Lipinski definition) is 5. The van der Waals surface area contributed by atoms with Crippen molar-refractivity contribution in [2.24, 2.45) is 5.92 Å². The molecule has 1 aliphatic heterocycles. The van der Waals surface area contributed by atoms with E-state index in [9.17, 15) is 14.7 Å². The topological polar surface area (TPSA) is 97.8 Å². The van der Waals surface area contributed by atoms with Gasteiger partial charge in [0.05, 0.1) is 6.61 Å². The first-order valence-electron chi connectivity index (χ1n) is 8.86. The second-order valence-electron chi connectivity index (χ2n) is 6.44. The number of amides is 1. The molecule has 1 saturated heterocycles. The lowest BCUT2D eigenvalue weighted by atomic mass is 9.93. The summed E-state index contributed by atoms with van der Waals surface area (Å²) in [5.74, 6) is -1.20. The predicted molar refractivity (Wildman–Crippen MR) is 97.4 cm³/mol. The van der Waals surface area contributed by atoms with E-state index in [0.717, 1.165) is 12.0 Å². The van der Waals surface area contributed by atoms with Gasteiger partial charge in [0, 0.05) is 36.0 Å². The van der Waals surface area contributed by atoms with Crippen LogP contribution in [0.15, 0.2) is 48.8 Å². The van der Waals surface area contributed by atoms with Gasteiger partial charge >= 0.3 is 5.97 Å². The van der Waals surface area contributed by atoms with Crippen molar-refractivity contribution in [2.45, 2.75) is 25.5 Å². The number of aromatic nitrogens is 1. The Morgan fingerprint density at radius 2 is 2.22 bits per heavy atom. The van der Waals surface area contributed by atoms with Crippen LogP contribution in [0, 0.1) is 5.92 Å². The first-order chi connectivity index (χ1) is 13.1. The summed E-state index contributed by atoms with van der Waals surface area (Å²) in [7, 11) is 0. The van der Waals surface area contributed by atoms with Crippen LogP contribution in [0.4, 0.5) is 0 Å². The lowest BCUT2D eigenvalue weighted by molar-refractivity contribution is -0.142. The minimum absolute atomic E-state index is 0.231. The fourth-order valence-corrected chi connectivity index (χ4v) is 3.01. The number of rotatable bonds is 7. The van der Waals surface area contributed by atoms with Gasteiger partial charge in [-0.1, -0.05) is 12.1 Å². The van der Waals surface area contributed by atoms with Crippen molar-refractivity contribution in [2.75, 3.05) is 13.2 Å². The van der Waals surface area contributed by atoms with Gasteiger partial charge in [-0.2, -0.15) is 0 Å². The molecule has 2 atom stereocenters. The van der Waals surface area contributed by atoms with E-state index in [0.29, 0.717) is 37.6 Å². The molecule has 0 bridgehead atoms. The summed E-state index contributed by atoms with van der Waals surface area (Å²) >= 11 is 0. The second-order valence-corrected chi connectivity index (χ2v) is 6.44. The predicted octanol–water partition coefficient (Wildman–Crippen LogP) is 2.27. The molecule has 1 aromatic carbocycles. The van der Waals surface area contributed by atoms with Crippen molar-refractivity contribution in [3.05, 3.63) is 59.9 Å². The maximum Gasteiger partial charge on any atom is 0.326 e. The van der Waals surface area contributed by atoms with Crippen molar-refractivity contribution in [3.8, 4) is 5.75 Å². The van der Waals surface area contributed by atoms with Crippen LogP contribution in [0.3, 0.4) is 0 Å². The summed E-state index contributed by atoms with van der Waals surface area (Å²) in [6.07, 6.45) is 4.90. The van der Waals surface area contributed by atoms with E-state index < -0.39 is 17.9 Å². The SMILES string of the molecule is O=C(NC(C(=O)O)C1CCCOC1)c1cccc(OCc2cccnc2)c1. The Bertz CT molecular complexity index is 775. The molecule has 2 aromatic rings. The van der Waals surface area contributed by atoms with Gasteiger partial charge in [0.2, 0.25) is 0 Å². The third-order valence-electron chi connectivity index (χ3n) is 4.44. The van der Waals surface area contributed by atoms with E-state index in [2.05, 4.69) is 10.3 Å². The van der Waals surface area contributed by atoms with Crippen molar-refractivity contribution in [1.29, 1.82) is 0 Å². The highest BCUT2D eigenvalue weighted by Gasteiger charge is 2.31. The van der Waals surface area contributed by atoms with Crippen LogP contribution in [0.1, 0.15) is 28.8 Å². The number of aliphatic carboxylic acids is 1. The number of carboxylic acids is 1. The average molecular weight is 370 g/mol. The van der Waals surface area contributed by atoms with Crippen molar-refractivity contribution in [1.82, 2.24) is 10.3 Å². The van der Waals surface area contributed by atoms with E-state index in [1.165, 1.54) is 0 Å². The Morgan fingerprint density at radius 3 is 2.93 bits per heavy atom. The monoisotopic (exact) mass is 370 g/mol. The summed E-state index contributed by atoms with van der Waals surface area (Å²) in [5.41, 5.74) is 1.26. The molecule has 0 aliphatic carbocycles. The lowest BCUT2D eigenvalue weighted by Gasteiger charge is -2.28. The summed E-state index contributed by atoms with van der Waals surface area (Å²) in [6, 6.07) is 9.42. The number of carboxylic acid groups (broad SMARTS) is 1. The molecule has 142 valence electrons.